The van der Waals surface area contributed by atoms with Gasteiger partial charge in [0.15, 0.2) is 34.9 Å². The van der Waals surface area contributed by atoms with Gasteiger partial charge in [-0.25, -0.2) is 30.7 Å². The van der Waals surface area contributed by atoms with Gasteiger partial charge in [0.1, 0.15) is 5.82 Å². The fourth-order valence-electron chi connectivity index (χ4n) is 1.43. The second-order valence-corrected chi connectivity index (χ2v) is 3.16. The Kier molecular flexibility index (Phi) is 4.30. The van der Waals surface area contributed by atoms with E-state index >= 15 is 0 Å². The van der Waals surface area contributed by atoms with E-state index in [-0.39, 0.29) is 37.1 Å². The zero-order valence-corrected chi connectivity index (χ0v) is 10.7. The van der Waals surface area contributed by atoms with Crippen molar-refractivity contribution in [2.75, 3.05) is 0 Å². The molecule has 0 unspecified atom stereocenters. The molecule has 2 rings (SSSR count). The maximum Gasteiger partial charge on any atom is 1.00 e. The number of rotatable bonds is 0. The molecule has 8 heteroatoms. The summed E-state index contributed by atoms with van der Waals surface area (Å²) < 4.78 is 90.6. The van der Waals surface area contributed by atoms with E-state index in [1.807, 2.05) is 0 Å². The first-order valence-electron chi connectivity index (χ1n) is 4.15. The predicted octanol–water partition coefficient (Wildman–Crippen LogP) is 0.930. The Bertz CT molecular complexity index is 644. The van der Waals surface area contributed by atoms with Crippen molar-refractivity contribution in [3.05, 3.63) is 46.8 Å². The zero-order chi connectivity index (χ0) is 12.9. The third kappa shape index (κ3) is 2.00. The summed E-state index contributed by atoms with van der Waals surface area (Å²) in [5, 5.41) is -3.07. The van der Waals surface area contributed by atoms with Crippen molar-refractivity contribution in [1.82, 2.24) is 0 Å². The molecule has 0 saturated carbocycles. The van der Waals surface area contributed by atoms with Gasteiger partial charge >= 0.3 is 29.6 Å². The van der Waals surface area contributed by atoms with E-state index in [1.54, 1.807) is 0 Å². The first-order chi connectivity index (χ1) is 7.86. The summed E-state index contributed by atoms with van der Waals surface area (Å²) in [4.78, 5) is 0. The van der Waals surface area contributed by atoms with Crippen LogP contribution in [0.15, 0.2) is 6.07 Å². The average molecular weight is 278 g/mol. The fourth-order valence-corrected chi connectivity index (χ4v) is 1.43. The SMILES string of the molecule is Fc1cc(F)c2c(F)c(F)c(F)c(F)c2c1F.[H-].[Na+]. The molecule has 0 saturated heterocycles. The van der Waals surface area contributed by atoms with E-state index in [4.69, 9.17) is 0 Å². The molecule has 0 bridgehead atoms. The van der Waals surface area contributed by atoms with Crippen molar-refractivity contribution in [1.29, 1.82) is 0 Å². The summed E-state index contributed by atoms with van der Waals surface area (Å²) in [6.07, 6.45) is 0. The van der Waals surface area contributed by atoms with Gasteiger partial charge < -0.3 is 1.43 Å². The molecule has 0 amide bonds. The number of hydrogen-bond donors (Lipinski definition) is 0. The van der Waals surface area contributed by atoms with Crippen molar-refractivity contribution in [3.63, 3.8) is 0 Å². The van der Waals surface area contributed by atoms with Crippen LogP contribution in [0.5, 0.6) is 0 Å². The van der Waals surface area contributed by atoms with Crippen molar-refractivity contribution < 1.29 is 61.7 Å². The van der Waals surface area contributed by atoms with Crippen LogP contribution in [0.2, 0.25) is 0 Å². The first-order valence-corrected chi connectivity index (χ1v) is 4.15. The number of hydrogen-bond acceptors (Lipinski definition) is 0. The van der Waals surface area contributed by atoms with Gasteiger partial charge in [0.2, 0.25) is 0 Å². The molecule has 0 spiro atoms. The van der Waals surface area contributed by atoms with E-state index in [9.17, 15) is 30.7 Å². The van der Waals surface area contributed by atoms with Crippen LogP contribution in [-0.4, -0.2) is 0 Å². The first kappa shape index (κ1) is 15.3. The zero-order valence-electron chi connectivity index (χ0n) is 9.72. The van der Waals surface area contributed by atoms with Crippen LogP contribution in [0.4, 0.5) is 30.7 Å². The van der Waals surface area contributed by atoms with Crippen LogP contribution in [0.1, 0.15) is 1.43 Å². The maximum absolute atomic E-state index is 13.1. The minimum atomic E-state index is -2.33. The van der Waals surface area contributed by atoms with Crippen molar-refractivity contribution in [3.8, 4) is 0 Å². The van der Waals surface area contributed by atoms with E-state index in [2.05, 4.69) is 0 Å². The van der Waals surface area contributed by atoms with Crippen LogP contribution in [0.25, 0.3) is 10.8 Å². The molecule has 0 aliphatic rings. The molecule has 0 heterocycles. The second kappa shape index (κ2) is 5.07. The summed E-state index contributed by atoms with van der Waals surface area (Å²) in [7, 11) is 0. The van der Waals surface area contributed by atoms with Gasteiger partial charge in [-0.3, -0.25) is 0 Å². The molecule has 0 nitrogen and oxygen atoms in total. The number of fused-ring (bicyclic) bond motifs is 1. The molecule has 0 N–H and O–H groups in total. The van der Waals surface area contributed by atoms with Gasteiger partial charge in [0.05, 0.1) is 10.8 Å². The Labute approximate surface area is 119 Å². The molecule has 0 aliphatic heterocycles. The van der Waals surface area contributed by atoms with Gasteiger partial charge in [-0.15, -0.1) is 0 Å². The van der Waals surface area contributed by atoms with E-state index in [0.29, 0.717) is 0 Å². The van der Waals surface area contributed by atoms with Gasteiger partial charge in [0, 0.05) is 6.07 Å². The molecule has 0 fully saturated rings. The van der Waals surface area contributed by atoms with Crippen LogP contribution in [0, 0.1) is 40.7 Å². The Morgan fingerprint density at radius 1 is 0.556 bits per heavy atom. The van der Waals surface area contributed by atoms with Crippen LogP contribution in [0.3, 0.4) is 0 Å². The Morgan fingerprint density at radius 3 is 1.50 bits per heavy atom. The normalized spacial score (nSPS) is 10.6. The van der Waals surface area contributed by atoms with Crippen LogP contribution in [-0.2, 0) is 0 Å². The predicted molar refractivity (Wildman–Crippen MR) is 44.8 cm³/mol. The Hall–Kier alpha value is -0.790. The molecule has 18 heavy (non-hydrogen) atoms. The quantitative estimate of drug-likeness (QED) is 0.291. The molecule has 0 aliphatic carbocycles. The van der Waals surface area contributed by atoms with Crippen molar-refractivity contribution in [2.45, 2.75) is 0 Å². The third-order valence-corrected chi connectivity index (χ3v) is 2.19. The second-order valence-electron chi connectivity index (χ2n) is 3.16. The minimum Gasteiger partial charge on any atom is -1.00 e. The monoisotopic (exact) mass is 278 g/mol. The molecule has 0 aromatic heterocycles. The summed E-state index contributed by atoms with van der Waals surface area (Å²) in [5.41, 5.74) is 0. The summed E-state index contributed by atoms with van der Waals surface area (Å²) in [5.74, 6) is -14.5. The molecular formula is C10H2F7Na. The molecule has 0 radical (unpaired) electrons. The summed E-state index contributed by atoms with van der Waals surface area (Å²) >= 11 is 0. The van der Waals surface area contributed by atoms with Gasteiger partial charge in [0.25, 0.3) is 0 Å². The molecular weight excluding hydrogens is 276 g/mol. The van der Waals surface area contributed by atoms with Crippen LogP contribution >= 0.6 is 0 Å². The average Bonchev–Trinajstić information content (AvgIpc) is 2.28. The number of benzene rings is 2. The molecule has 2 aromatic rings. The smallest absolute Gasteiger partial charge is 1.00 e. The van der Waals surface area contributed by atoms with Crippen molar-refractivity contribution in [2.24, 2.45) is 0 Å². The van der Waals surface area contributed by atoms with Crippen molar-refractivity contribution >= 4 is 10.8 Å². The van der Waals surface area contributed by atoms with Gasteiger partial charge in [-0.05, 0) is 0 Å². The minimum absolute atomic E-state index is 0. The topological polar surface area (TPSA) is 0 Å². The third-order valence-electron chi connectivity index (χ3n) is 2.19. The Morgan fingerprint density at radius 2 is 1.00 bits per heavy atom. The van der Waals surface area contributed by atoms with E-state index in [1.165, 1.54) is 0 Å². The van der Waals surface area contributed by atoms with Gasteiger partial charge in [-0.2, -0.15) is 0 Å². The Balaban J connectivity index is 0.00000162. The fraction of sp³-hybridized carbons (Fsp3) is 0. The summed E-state index contributed by atoms with van der Waals surface area (Å²) in [6.45, 7) is 0. The molecule has 2 aromatic carbocycles. The van der Waals surface area contributed by atoms with Crippen LogP contribution < -0.4 is 29.6 Å². The maximum atomic E-state index is 13.1. The van der Waals surface area contributed by atoms with E-state index in [0.717, 1.165) is 0 Å². The van der Waals surface area contributed by atoms with E-state index < -0.39 is 51.5 Å². The standard InChI is InChI=1S/C10HF7.Na.H/c11-2-1-3(12)6(13)5-4(2)7(14)9(16)10(17)8(5)15;;/h1H;;/q;+1;-1. The largest absolute Gasteiger partial charge is 1.00 e. The summed E-state index contributed by atoms with van der Waals surface area (Å²) in [6, 6.07) is -0.0858. The van der Waals surface area contributed by atoms with Gasteiger partial charge in [-0.1, -0.05) is 0 Å². The molecule has 0 atom stereocenters. The molecule has 92 valence electrons. The number of halogens is 7.